The zero-order valence-corrected chi connectivity index (χ0v) is 24.0. The van der Waals surface area contributed by atoms with Crippen LogP contribution in [0.3, 0.4) is 0 Å². The van der Waals surface area contributed by atoms with Crippen molar-refractivity contribution in [3.05, 3.63) is 11.6 Å². The second-order valence-electron chi connectivity index (χ2n) is 14.9. The van der Waals surface area contributed by atoms with Gasteiger partial charge < -0.3 is 9.84 Å². The minimum atomic E-state index is -0.614. The first kappa shape index (κ1) is 27.2. The van der Waals surface area contributed by atoms with E-state index in [0.717, 1.165) is 36.0 Å². The fraction of sp³-hybridized carbons (Fsp3) is 0.906. The third-order valence-electron chi connectivity index (χ3n) is 11.1. The number of carbonyl (C=O) groups is 1. The molecule has 3 heteroatoms. The first-order valence-corrected chi connectivity index (χ1v) is 14.9. The maximum atomic E-state index is 13.1. The third kappa shape index (κ3) is 5.14. The Morgan fingerprint density at radius 2 is 1.83 bits per heavy atom. The molecule has 0 aromatic heterocycles. The van der Waals surface area contributed by atoms with E-state index in [0.29, 0.717) is 17.8 Å². The van der Waals surface area contributed by atoms with Crippen LogP contribution >= 0.6 is 0 Å². The molecule has 200 valence electrons. The highest BCUT2D eigenvalue weighted by Crippen LogP contribution is 2.67. The van der Waals surface area contributed by atoms with E-state index in [9.17, 15) is 9.90 Å². The number of hydrogen-bond acceptors (Lipinski definition) is 3. The minimum Gasteiger partial charge on any atom is -0.460 e. The summed E-state index contributed by atoms with van der Waals surface area (Å²) < 4.78 is 5.76. The first-order chi connectivity index (χ1) is 16.3. The van der Waals surface area contributed by atoms with Crippen LogP contribution in [0.15, 0.2) is 11.6 Å². The molecular weight excluding hydrogens is 432 g/mol. The normalized spacial score (nSPS) is 42.1. The van der Waals surface area contributed by atoms with Crippen LogP contribution in [0.4, 0.5) is 0 Å². The van der Waals surface area contributed by atoms with Crippen LogP contribution in [0.1, 0.15) is 120 Å². The topological polar surface area (TPSA) is 46.5 Å². The Balaban J connectivity index is 1.51. The standard InChI is InChI=1S/C32H54O3/c1-20(2)10-9-11-21(3)25-14-15-26-23-13-12-22-18-28(33)24(29(34)35-30(4,5)6)19-32(22,8)27(23)16-17-31(25,26)7/h12,20-21,23-28,33H,9-11,13-19H2,1-8H3/t21-,23+,24?,25-,26+,27+,28-,31-,32+/m1/s1. The SMILES string of the molecule is CC(C)CCC[C@@H](C)[C@H]1CC[C@H]2[C@@H]3CC=C4C[C@@H](O)C(C(=O)OC(C)(C)C)C[C@]4(C)[C@H]3CC[C@]12C. The zero-order valence-electron chi connectivity index (χ0n) is 24.0. The van der Waals surface area contributed by atoms with Crippen molar-refractivity contribution in [1.82, 2.24) is 0 Å². The molecule has 0 saturated heterocycles. The number of rotatable bonds is 6. The van der Waals surface area contributed by atoms with Gasteiger partial charge in [0.15, 0.2) is 0 Å². The van der Waals surface area contributed by atoms with Gasteiger partial charge in [-0.1, -0.05) is 65.5 Å². The van der Waals surface area contributed by atoms with Crippen molar-refractivity contribution in [2.45, 2.75) is 131 Å². The van der Waals surface area contributed by atoms with Gasteiger partial charge in [-0.25, -0.2) is 0 Å². The van der Waals surface area contributed by atoms with E-state index >= 15 is 0 Å². The summed E-state index contributed by atoms with van der Waals surface area (Å²) >= 11 is 0. The molecule has 0 amide bonds. The van der Waals surface area contributed by atoms with Gasteiger partial charge in [-0.3, -0.25) is 4.79 Å². The zero-order chi connectivity index (χ0) is 25.8. The predicted octanol–water partition coefficient (Wildman–Crippen LogP) is 7.96. The Morgan fingerprint density at radius 3 is 2.49 bits per heavy atom. The lowest BCUT2D eigenvalue weighted by atomic mass is 9.46. The Bertz CT molecular complexity index is 806. The van der Waals surface area contributed by atoms with E-state index in [1.54, 1.807) is 0 Å². The third-order valence-corrected chi connectivity index (χ3v) is 11.1. The summed E-state index contributed by atoms with van der Waals surface area (Å²) in [5, 5.41) is 10.9. The minimum absolute atomic E-state index is 0.0199. The van der Waals surface area contributed by atoms with Gasteiger partial charge >= 0.3 is 5.97 Å². The Hall–Kier alpha value is -0.830. The largest absolute Gasteiger partial charge is 0.460 e. The van der Waals surface area contributed by atoms with Crippen molar-refractivity contribution in [1.29, 1.82) is 0 Å². The van der Waals surface area contributed by atoms with E-state index in [1.807, 2.05) is 20.8 Å². The van der Waals surface area contributed by atoms with Gasteiger partial charge in [0.25, 0.3) is 0 Å². The summed E-state index contributed by atoms with van der Waals surface area (Å²) in [7, 11) is 0. The van der Waals surface area contributed by atoms with Gasteiger partial charge in [0, 0.05) is 0 Å². The van der Waals surface area contributed by atoms with Crippen molar-refractivity contribution in [3.8, 4) is 0 Å². The van der Waals surface area contributed by atoms with Gasteiger partial charge in [0.1, 0.15) is 5.60 Å². The molecule has 4 aliphatic rings. The predicted molar refractivity (Wildman–Crippen MR) is 144 cm³/mol. The van der Waals surface area contributed by atoms with Crippen LogP contribution in [0.25, 0.3) is 0 Å². The highest BCUT2D eigenvalue weighted by Gasteiger charge is 2.60. The van der Waals surface area contributed by atoms with Crippen LogP contribution in [0.2, 0.25) is 0 Å². The molecule has 0 bridgehead atoms. The number of carbonyl (C=O) groups excluding carboxylic acids is 1. The van der Waals surface area contributed by atoms with Crippen LogP contribution in [0, 0.1) is 52.3 Å². The molecule has 1 N–H and O–H groups in total. The highest BCUT2D eigenvalue weighted by molar-refractivity contribution is 5.74. The molecule has 0 aliphatic heterocycles. The van der Waals surface area contributed by atoms with E-state index in [1.165, 1.54) is 56.9 Å². The summed E-state index contributed by atoms with van der Waals surface area (Å²) in [5.41, 5.74) is 1.40. The average molecular weight is 487 g/mol. The first-order valence-electron chi connectivity index (χ1n) is 14.9. The molecule has 0 radical (unpaired) electrons. The monoisotopic (exact) mass is 486 g/mol. The number of allylic oxidation sites excluding steroid dienone is 1. The molecule has 0 aromatic rings. The van der Waals surface area contributed by atoms with E-state index < -0.39 is 17.6 Å². The molecule has 1 unspecified atom stereocenters. The van der Waals surface area contributed by atoms with Gasteiger partial charge in [-0.2, -0.15) is 0 Å². The number of aliphatic hydroxyl groups is 1. The van der Waals surface area contributed by atoms with E-state index in [4.69, 9.17) is 4.74 Å². The van der Waals surface area contributed by atoms with Gasteiger partial charge in [-0.15, -0.1) is 0 Å². The molecule has 3 fully saturated rings. The lowest BCUT2D eigenvalue weighted by Crippen LogP contribution is -2.53. The molecule has 35 heavy (non-hydrogen) atoms. The molecule has 3 saturated carbocycles. The quantitative estimate of drug-likeness (QED) is 0.306. The maximum Gasteiger partial charge on any atom is 0.312 e. The van der Waals surface area contributed by atoms with Crippen molar-refractivity contribution in [2.24, 2.45) is 52.3 Å². The van der Waals surface area contributed by atoms with Crippen LogP contribution < -0.4 is 0 Å². The summed E-state index contributed by atoms with van der Waals surface area (Å²) in [6, 6.07) is 0. The Morgan fingerprint density at radius 1 is 1.11 bits per heavy atom. The molecule has 0 spiro atoms. The molecule has 0 heterocycles. The summed E-state index contributed by atoms with van der Waals surface area (Å²) in [4.78, 5) is 13.1. The number of fused-ring (bicyclic) bond motifs is 5. The second-order valence-corrected chi connectivity index (χ2v) is 14.9. The molecule has 0 aromatic carbocycles. The lowest BCUT2D eigenvalue weighted by Gasteiger charge is -2.59. The summed E-state index contributed by atoms with van der Waals surface area (Å²) in [6.45, 7) is 18.1. The molecule has 9 atom stereocenters. The van der Waals surface area contributed by atoms with Crippen LogP contribution in [0.5, 0.6) is 0 Å². The van der Waals surface area contributed by atoms with Crippen molar-refractivity contribution in [3.63, 3.8) is 0 Å². The van der Waals surface area contributed by atoms with Crippen molar-refractivity contribution in [2.75, 3.05) is 0 Å². The number of aliphatic hydroxyl groups excluding tert-OH is 1. The molecular formula is C32H54O3. The van der Waals surface area contributed by atoms with Crippen molar-refractivity contribution < 1.29 is 14.6 Å². The van der Waals surface area contributed by atoms with E-state index in [-0.39, 0.29) is 11.4 Å². The van der Waals surface area contributed by atoms with Gasteiger partial charge in [-0.05, 0) is 112 Å². The number of ether oxygens (including phenoxy) is 1. The Labute approximate surface area is 215 Å². The summed E-state index contributed by atoms with van der Waals surface area (Å²) in [6.07, 6.45) is 13.9. The Kier molecular flexibility index (Phi) is 7.62. The van der Waals surface area contributed by atoms with Crippen molar-refractivity contribution >= 4 is 5.97 Å². The molecule has 4 aliphatic carbocycles. The number of esters is 1. The fourth-order valence-electron chi connectivity index (χ4n) is 9.36. The fourth-order valence-corrected chi connectivity index (χ4v) is 9.36. The smallest absolute Gasteiger partial charge is 0.312 e. The van der Waals surface area contributed by atoms with Gasteiger partial charge in [0.05, 0.1) is 12.0 Å². The van der Waals surface area contributed by atoms with Crippen LogP contribution in [-0.4, -0.2) is 22.8 Å². The highest BCUT2D eigenvalue weighted by atomic mass is 16.6. The second kappa shape index (κ2) is 9.80. The summed E-state index contributed by atoms with van der Waals surface area (Å²) in [5.74, 6) is 4.06. The van der Waals surface area contributed by atoms with Crippen LogP contribution in [-0.2, 0) is 9.53 Å². The maximum absolute atomic E-state index is 13.1. The van der Waals surface area contributed by atoms with E-state index in [2.05, 4.69) is 40.7 Å². The van der Waals surface area contributed by atoms with Gasteiger partial charge in [0.2, 0.25) is 0 Å². The number of hydrogen-bond donors (Lipinski definition) is 1. The average Bonchev–Trinajstić information content (AvgIpc) is 3.09. The lowest BCUT2D eigenvalue weighted by molar-refractivity contribution is -0.169. The molecule has 3 nitrogen and oxygen atoms in total. The molecule has 4 rings (SSSR count).